The monoisotopic (exact) mass is 352 g/mol. The van der Waals surface area contributed by atoms with Crippen molar-refractivity contribution in [3.05, 3.63) is 17.0 Å². The third-order valence-corrected chi connectivity index (χ3v) is 3.30. The summed E-state index contributed by atoms with van der Waals surface area (Å²) in [6.07, 6.45) is -1.31. The molecule has 0 saturated heterocycles. The summed E-state index contributed by atoms with van der Waals surface area (Å²) in [6.45, 7) is 9.76. The average Bonchev–Trinajstić information content (AvgIpc) is 2.68. The second kappa shape index (κ2) is 7.45. The molecule has 0 fully saturated rings. The minimum atomic E-state index is -1.31. The fourth-order valence-corrected chi connectivity index (χ4v) is 2.06. The number of Topliss-reactive ketones (excluding diaryl/α,β-unsaturated/α-hetero) is 1. The molecule has 9 heteroatoms. The first-order chi connectivity index (χ1) is 11.3. The van der Waals surface area contributed by atoms with E-state index in [2.05, 4.69) is 15.7 Å². The lowest BCUT2D eigenvalue weighted by molar-refractivity contribution is -0.149. The number of nitrogens with zero attached hydrogens (tertiary/aromatic N) is 2. The third-order valence-electron chi connectivity index (χ3n) is 3.30. The Morgan fingerprint density at radius 1 is 1.16 bits per heavy atom. The topological polar surface area (TPSA) is 119 Å². The van der Waals surface area contributed by atoms with Crippen molar-refractivity contribution < 1.29 is 23.9 Å². The van der Waals surface area contributed by atoms with Gasteiger partial charge in [-0.1, -0.05) is 0 Å². The van der Waals surface area contributed by atoms with Gasteiger partial charge in [-0.3, -0.25) is 19.6 Å². The van der Waals surface area contributed by atoms with Crippen molar-refractivity contribution in [2.45, 2.75) is 53.2 Å². The Hall–Kier alpha value is -2.71. The number of ketones is 1. The molecule has 0 bridgehead atoms. The lowest BCUT2D eigenvalue weighted by Gasteiger charge is -2.21. The Kier molecular flexibility index (Phi) is 6.06. The number of hydrogen-bond acceptors (Lipinski definition) is 6. The normalized spacial score (nSPS) is 12.3. The van der Waals surface area contributed by atoms with Gasteiger partial charge >= 0.3 is 12.0 Å². The maximum Gasteiger partial charge on any atom is 0.380 e. The van der Waals surface area contributed by atoms with Gasteiger partial charge in [0, 0.05) is 18.3 Å². The van der Waals surface area contributed by atoms with E-state index in [4.69, 9.17) is 4.74 Å². The number of aryl methyl sites for hydroxylation is 2. The maximum atomic E-state index is 12.2. The molecule has 1 atom stereocenters. The first-order valence-electron chi connectivity index (χ1n) is 7.72. The van der Waals surface area contributed by atoms with E-state index < -0.39 is 35.3 Å². The molecule has 25 heavy (non-hydrogen) atoms. The SMILES string of the molecule is Cc1nn(C)c(C)c1C(=O)C(=O)OC(C)C(=O)NC(=O)NC(C)(C)C. The molecule has 0 aliphatic carbocycles. The number of aromatic nitrogens is 2. The van der Waals surface area contributed by atoms with Crippen molar-refractivity contribution in [1.29, 1.82) is 0 Å². The van der Waals surface area contributed by atoms with Crippen molar-refractivity contribution in [2.24, 2.45) is 7.05 Å². The molecule has 1 aromatic heterocycles. The molecule has 3 amide bonds. The minimum Gasteiger partial charge on any atom is -0.447 e. The molecular formula is C16H24N4O5. The number of carbonyl (C=O) groups excluding carboxylic acids is 4. The summed E-state index contributed by atoms with van der Waals surface area (Å²) in [7, 11) is 1.65. The average molecular weight is 352 g/mol. The number of esters is 1. The number of imide groups is 1. The van der Waals surface area contributed by atoms with E-state index in [1.807, 2.05) is 0 Å². The van der Waals surface area contributed by atoms with Crippen LogP contribution >= 0.6 is 0 Å². The highest BCUT2D eigenvalue weighted by Crippen LogP contribution is 2.13. The Labute approximate surface area is 146 Å². The summed E-state index contributed by atoms with van der Waals surface area (Å²) in [4.78, 5) is 47.8. The lowest BCUT2D eigenvalue weighted by atomic mass is 10.1. The van der Waals surface area contributed by atoms with Crippen LogP contribution in [-0.4, -0.2) is 45.1 Å². The summed E-state index contributed by atoms with van der Waals surface area (Å²) < 4.78 is 6.34. The van der Waals surface area contributed by atoms with Crippen LogP contribution in [0.4, 0.5) is 4.79 Å². The largest absolute Gasteiger partial charge is 0.447 e. The standard InChI is InChI=1S/C16H24N4O5/c1-8-11(9(2)20(7)19-8)12(21)14(23)25-10(3)13(22)17-15(24)18-16(4,5)6/h10H,1-7H3,(H2,17,18,22,24). The Morgan fingerprint density at radius 2 is 1.72 bits per heavy atom. The van der Waals surface area contributed by atoms with Gasteiger partial charge in [-0.25, -0.2) is 9.59 Å². The van der Waals surface area contributed by atoms with Crippen LogP contribution in [0.15, 0.2) is 0 Å². The molecule has 0 aromatic carbocycles. The van der Waals surface area contributed by atoms with E-state index in [9.17, 15) is 19.2 Å². The van der Waals surface area contributed by atoms with E-state index in [-0.39, 0.29) is 5.56 Å². The molecule has 0 spiro atoms. The number of rotatable bonds is 4. The first-order valence-corrected chi connectivity index (χ1v) is 7.72. The number of carbonyl (C=O) groups is 4. The zero-order valence-electron chi connectivity index (χ0n) is 15.5. The van der Waals surface area contributed by atoms with Gasteiger partial charge in [-0.05, 0) is 41.5 Å². The molecule has 1 unspecified atom stereocenters. The van der Waals surface area contributed by atoms with Crippen LogP contribution in [0.3, 0.4) is 0 Å². The quantitative estimate of drug-likeness (QED) is 0.469. The second-order valence-corrected chi connectivity index (χ2v) is 6.74. The molecule has 9 nitrogen and oxygen atoms in total. The number of nitrogens with one attached hydrogen (secondary N) is 2. The van der Waals surface area contributed by atoms with Gasteiger partial charge in [-0.2, -0.15) is 5.10 Å². The second-order valence-electron chi connectivity index (χ2n) is 6.74. The third kappa shape index (κ3) is 5.40. The van der Waals surface area contributed by atoms with E-state index in [1.54, 1.807) is 41.7 Å². The highest BCUT2D eigenvalue weighted by Gasteiger charge is 2.29. The van der Waals surface area contributed by atoms with Crippen LogP contribution < -0.4 is 10.6 Å². The van der Waals surface area contributed by atoms with Crippen LogP contribution in [0.1, 0.15) is 49.4 Å². The summed E-state index contributed by atoms with van der Waals surface area (Å²) in [6, 6.07) is -0.717. The molecule has 1 aromatic rings. The fraction of sp³-hybridized carbons (Fsp3) is 0.562. The van der Waals surface area contributed by atoms with Gasteiger partial charge in [-0.15, -0.1) is 0 Å². The van der Waals surface area contributed by atoms with E-state index in [1.165, 1.54) is 11.6 Å². The van der Waals surface area contributed by atoms with Gasteiger partial charge in [0.25, 0.3) is 11.7 Å². The highest BCUT2D eigenvalue weighted by atomic mass is 16.6. The van der Waals surface area contributed by atoms with Crippen molar-refractivity contribution in [2.75, 3.05) is 0 Å². The Bertz CT molecular complexity index is 715. The van der Waals surface area contributed by atoms with Crippen molar-refractivity contribution in [3.63, 3.8) is 0 Å². The molecule has 0 saturated carbocycles. The number of urea groups is 1. The number of hydrogen-bond donors (Lipinski definition) is 2. The van der Waals surface area contributed by atoms with Gasteiger partial charge < -0.3 is 10.1 Å². The van der Waals surface area contributed by atoms with Crippen LogP contribution in [0.5, 0.6) is 0 Å². The van der Waals surface area contributed by atoms with Crippen molar-refractivity contribution in [1.82, 2.24) is 20.4 Å². The maximum absolute atomic E-state index is 12.2. The summed E-state index contributed by atoms with van der Waals surface area (Å²) in [5, 5.41) is 8.65. The predicted octanol–water partition coefficient (Wildman–Crippen LogP) is 0.776. The molecular weight excluding hydrogens is 328 g/mol. The Morgan fingerprint density at radius 3 is 2.16 bits per heavy atom. The van der Waals surface area contributed by atoms with Crippen molar-refractivity contribution >= 4 is 23.7 Å². The molecule has 138 valence electrons. The van der Waals surface area contributed by atoms with E-state index in [0.29, 0.717) is 11.4 Å². The molecule has 2 N–H and O–H groups in total. The van der Waals surface area contributed by atoms with Gasteiger partial charge in [0.15, 0.2) is 6.10 Å². The summed E-state index contributed by atoms with van der Waals surface area (Å²) in [5.74, 6) is -2.90. The molecule has 0 aliphatic heterocycles. The highest BCUT2D eigenvalue weighted by molar-refractivity contribution is 6.41. The van der Waals surface area contributed by atoms with Crippen LogP contribution in [0.25, 0.3) is 0 Å². The van der Waals surface area contributed by atoms with Crippen LogP contribution in [0.2, 0.25) is 0 Å². The van der Waals surface area contributed by atoms with Gasteiger partial charge in [0.1, 0.15) is 0 Å². The Balaban J connectivity index is 2.71. The lowest BCUT2D eigenvalue weighted by Crippen LogP contribution is -2.50. The van der Waals surface area contributed by atoms with Crippen LogP contribution in [-0.2, 0) is 21.4 Å². The zero-order valence-corrected chi connectivity index (χ0v) is 15.5. The van der Waals surface area contributed by atoms with Gasteiger partial charge in [0.2, 0.25) is 0 Å². The number of ether oxygens (including phenoxy) is 1. The fourth-order valence-electron chi connectivity index (χ4n) is 2.06. The van der Waals surface area contributed by atoms with E-state index >= 15 is 0 Å². The molecule has 1 heterocycles. The molecule has 0 aliphatic rings. The summed E-state index contributed by atoms with van der Waals surface area (Å²) >= 11 is 0. The van der Waals surface area contributed by atoms with Gasteiger partial charge in [0.05, 0.1) is 11.3 Å². The zero-order chi connectivity index (χ0) is 19.5. The smallest absolute Gasteiger partial charge is 0.380 e. The van der Waals surface area contributed by atoms with Crippen LogP contribution in [0, 0.1) is 13.8 Å². The first kappa shape index (κ1) is 20.3. The molecule has 0 radical (unpaired) electrons. The minimum absolute atomic E-state index is 0.144. The summed E-state index contributed by atoms with van der Waals surface area (Å²) in [5.41, 5.74) is 0.519. The predicted molar refractivity (Wildman–Crippen MR) is 89.0 cm³/mol. The van der Waals surface area contributed by atoms with E-state index in [0.717, 1.165) is 0 Å². The van der Waals surface area contributed by atoms with Crippen molar-refractivity contribution in [3.8, 4) is 0 Å². The molecule has 1 rings (SSSR count). The number of amides is 3.